The number of amides is 1. The Morgan fingerprint density at radius 2 is 1.87 bits per heavy atom. The molecule has 0 radical (unpaired) electrons. The molecule has 0 spiro atoms. The number of hydrogen-bond acceptors (Lipinski definition) is 4. The Hall–Kier alpha value is -2.79. The maximum atomic E-state index is 13.1. The van der Waals surface area contributed by atoms with Crippen molar-refractivity contribution in [1.29, 1.82) is 0 Å². The number of fused-ring (bicyclic) bond motifs is 1. The summed E-state index contributed by atoms with van der Waals surface area (Å²) in [6.45, 7) is 4.00. The number of unbranched alkanes of at least 4 members (excludes halogenated alkanes) is 3. The number of halogens is 1. The summed E-state index contributed by atoms with van der Waals surface area (Å²) >= 11 is 6.00. The van der Waals surface area contributed by atoms with E-state index in [1.54, 1.807) is 0 Å². The second kappa shape index (κ2) is 10.0. The average molecular weight is 439 g/mol. The minimum atomic E-state index is 0.00315. The number of ether oxygens (including phenoxy) is 1. The van der Waals surface area contributed by atoms with Crippen LogP contribution in [0.2, 0.25) is 5.02 Å². The fourth-order valence-electron chi connectivity index (χ4n) is 3.81. The van der Waals surface area contributed by atoms with E-state index < -0.39 is 0 Å². The van der Waals surface area contributed by atoms with Gasteiger partial charge < -0.3 is 14.2 Å². The Morgan fingerprint density at radius 1 is 1.10 bits per heavy atom. The SMILES string of the molecule is CCCCCCOc1ccc(C(=O)N2CCc3noc(-c4ccc(Cl)cc4)c3C2)cc1. The quantitative estimate of drug-likeness (QED) is 0.395. The van der Waals surface area contributed by atoms with Crippen LogP contribution in [0.5, 0.6) is 5.75 Å². The Morgan fingerprint density at radius 3 is 2.61 bits per heavy atom. The van der Waals surface area contributed by atoms with Gasteiger partial charge in [0.1, 0.15) is 5.75 Å². The molecule has 0 N–H and O–H groups in total. The van der Waals surface area contributed by atoms with Gasteiger partial charge in [0.25, 0.3) is 5.91 Å². The molecule has 1 aliphatic rings. The van der Waals surface area contributed by atoms with Crippen LogP contribution in [0.4, 0.5) is 0 Å². The molecule has 0 unspecified atom stereocenters. The fraction of sp³-hybridized carbons (Fsp3) is 0.360. The second-order valence-electron chi connectivity index (χ2n) is 7.85. The van der Waals surface area contributed by atoms with E-state index >= 15 is 0 Å². The second-order valence-corrected chi connectivity index (χ2v) is 8.29. The van der Waals surface area contributed by atoms with Crippen LogP contribution in [0.25, 0.3) is 11.3 Å². The lowest BCUT2D eigenvalue weighted by Gasteiger charge is -2.26. The molecule has 0 saturated carbocycles. The first kappa shape index (κ1) is 21.4. The largest absolute Gasteiger partial charge is 0.494 e. The van der Waals surface area contributed by atoms with Gasteiger partial charge in [-0.3, -0.25) is 4.79 Å². The van der Waals surface area contributed by atoms with E-state index in [0.29, 0.717) is 42.5 Å². The molecular formula is C25H27ClN2O3. The molecule has 2 aromatic carbocycles. The molecule has 1 amide bonds. The van der Waals surface area contributed by atoms with Gasteiger partial charge in [0, 0.05) is 34.7 Å². The van der Waals surface area contributed by atoms with Crippen molar-refractivity contribution in [1.82, 2.24) is 10.1 Å². The molecule has 162 valence electrons. The van der Waals surface area contributed by atoms with Crippen LogP contribution in [-0.2, 0) is 13.0 Å². The third-order valence-electron chi connectivity index (χ3n) is 5.60. The molecule has 0 bridgehead atoms. The van der Waals surface area contributed by atoms with Gasteiger partial charge in [-0.25, -0.2) is 0 Å². The first-order valence-corrected chi connectivity index (χ1v) is 11.3. The average Bonchev–Trinajstić information content (AvgIpc) is 3.23. The fourth-order valence-corrected chi connectivity index (χ4v) is 3.94. The molecule has 1 aliphatic heterocycles. The molecule has 3 aromatic rings. The lowest BCUT2D eigenvalue weighted by molar-refractivity contribution is 0.0734. The summed E-state index contributed by atoms with van der Waals surface area (Å²) in [5.41, 5.74) is 3.45. The minimum Gasteiger partial charge on any atom is -0.494 e. The predicted octanol–water partition coefficient (Wildman–Crippen LogP) is 6.15. The van der Waals surface area contributed by atoms with Crippen molar-refractivity contribution in [3.63, 3.8) is 0 Å². The van der Waals surface area contributed by atoms with Crippen molar-refractivity contribution in [3.05, 3.63) is 70.4 Å². The Kier molecular flexibility index (Phi) is 6.92. The number of benzene rings is 2. The van der Waals surface area contributed by atoms with E-state index in [1.807, 2.05) is 53.4 Å². The molecule has 0 saturated heterocycles. The highest BCUT2D eigenvalue weighted by Gasteiger charge is 2.28. The van der Waals surface area contributed by atoms with Crippen molar-refractivity contribution in [2.45, 2.75) is 45.6 Å². The van der Waals surface area contributed by atoms with Gasteiger partial charge in [-0.05, 0) is 55.0 Å². The minimum absolute atomic E-state index is 0.00315. The molecule has 0 atom stereocenters. The number of aromatic nitrogens is 1. The zero-order chi connectivity index (χ0) is 21.6. The molecule has 6 heteroatoms. The van der Waals surface area contributed by atoms with E-state index in [2.05, 4.69) is 12.1 Å². The van der Waals surface area contributed by atoms with Crippen LogP contribution in [0, 0.1) is 0 Å². The lowest BCUT2D eigenvalue weighted by Crippen LogP contribution is -2.35. The molecule has 0 aliphatic carbocycles. The van der Waals surface area contributed by atoms with Crippen molar-refractivity contribution < 1.29 is 14.1 Å². The van der Waals surface area contributed by atoms with Gasteiger partial charge >= 0.3 is 0 Å². The highest BCUT2D eigenvalue weighted by atomic mass is 35.5. The van der Waals surface area contributed by atoms with Crippen molar-refractivity contribution in [2.75, 3.05) is 13.2 Å². The van der Waals surface area contributed by atoms with E-state index in [9.17, 15) is 4.79 Å². The van der Waals surface area contributed by atoms with Gasteiger partial charge in [0.2, 0.25) is 0 Å². The molecule has 2 heterocycles. The third-order valence-corrected chi connectivity index (χ3v) is 5.85. The standard InChI is InChI=1S/C25H27ClN2O3/c1-2-3-4-5-16-30-21-12-8-19(9-13-21)25(29)28-15-14-23-22(17-28)24(31-27-23)18-6-10-20(26)11-7-18/h6-13H,2-5,14-17H2,1H3. The predicted molar refractivity (Wildman–Crippen MR) is 121 cm³/mol. The number of nitrogens with zero attached hydrogens (tertiary/aromatic N) is 2. The number of carbonyl (C=O) groups is 1. The summed E-state index contributed by atoms with van der Waals surface area (Å²) in [5.74, 6) is 1.51. The van der Waals surface area contributed by atoms with Crippen LogP contribution in [0.1, 0.15) is 54.2 Å². The highest BCUT2D eigenvalue weighted by molar-refractivity contribution is 6.30. The van der Waals surface area contributed by atoms with Crippen molar-refractivity contribution in [2.24, 2.45) is 0 Å². The highest BCUT2D eigenvalue weighted by Crippen LogP contribution is 2.31. The first-order chi connectivity index (χ1) is 15.2. The molecule has 5 nitrogen and oxygen atoms in total. The summed E-state index contributed by atoms with van der Waals surface area (Å²) in [6, 6.07) is 14.9. The van der Waals surface area contributed by atoms with E-state index in [4.69, 9.17) is 20.9 Å². The monoisotopic (exact) mass is 438 g/mol. The van der Waals surface area contributed by atoms with Crippen LogP contribution < -0.4 is 4.74 Å². The number of rotatable bonds is 8. The topological polar surface area (TPSA) is 55.6 Å². The first-order valence-electron chi connectivity index (χ1n) is 10.9. The van der Waals surface area contributed by atoms with Crippen molar-refractivity contribution >= 4 is 17.5 Å². The molecule has 1 aromatic heterocycles. The van der Waals surface area contributed by atoms with Gasteiger partial charge in [0.05, 0.1) is 18.8 Å². The van der Waals surface area contributed by atoms with Crippen LogP contribution >= 0.6 is 11.6 Å². The maximum absolute atomic E-state index is 13.1. The summed E-state index contributed by atoms with van der Waals surface area (Å²) in [7, 11) is 0. The Bertz CT molecular complexity index is 1010. The van der Waals surface area contributed by atoms with Crippen LogP contribution in [-0.4, -0.2) is 29.1 Å². The Balaban J connectivity index is 1.41. The van der Waals surface area contributed by atoms with E-state index in [0.717, 1.165) is 29.0 Å². The van der Waals surface area contributed by atoms with Gasteiger partial charge in [-0.2, -0.15) is 0 Å². The molecular weight excluding hydrogens is 412 g/mol. The van der Waals surface area contributed by atoms with Crippen LogP contribution in [0.3, 0.4) is 0 Å². The molecule has 31 heavy (non-hydrogen) atoms. The van der Waals surface area contributed by atoms with E-state index in [-0.39, 0.29) is 5.91 Å². The molecule has 0 fully saturated rings. The van der Waals surface area contributed by atoms with Crippen LogP contribution in [0.15, 0.2) is 53.1 Å². The number of carbonyl (C=O) groups excluding carboxylic acids is 1. The summed E-state index contributed by atoms with van der Waals surface area (Å²) < 4.78 is 11.4. The van der Waals surface area contributed by atoms with Gasteiger partial charge in [-0.1, -0.05) is 42.9 Å². The summed E-state index contributed by atoms with van der Waals surface area (Å²) in [5, 5.41) is 4.89. The zero-order valence-electron chi connectivity index (χ0n) is 17.8. The Labute approximate surface area is 187 Å². The van der Waals surface area contributed by atoms with Crippen molar-refractivity contribution in [3.8, 4) is 17.1 Å². The van der Waals surface area contributed by atoms with Gasteiger partial charge in [-0.15, -0.1) is 0 Å². The zero-order valence-corrected chi connectivity index (χ0v) is 18.5. The van der Waals surface area contributed by atoms with Gasteiger partial charge in [0.15, 0.2) is 5.76 Å². The number of hydrogen-bond donors (Lipinski definition) is 0. The third kappa shape index (κ3) is 5.10. The normalized spacial score (nSPS) is 13.2. The van der Waals surface area contributed by atoms with E-state index in [1.165, 1.54) is 19.3 Å². The summed E-state index contributed by atoms with van der Waals surface area (Å²) in [4.78, 5) is 14.9. The molecule has 4 rings (SSSR count). The smallest absolute Gasteiger partial charge is 0.254 e. The maximum Gasteiger partial charge on any atom is 0.254 e. The summed E-state index contributed by atoms with van der Waals surface area (Å²) in [6.07, 6.45) is 5.37. The lowest BCUT2D eigenvalue weighted by atomic mass is 10.0.